The Morgan fingerprint density at radius 2 is 1.96 bits per heavy atom. The van der Waals surface area contributed by atoms with Crippen molar-refractivity contribution in [3.8, 4) is 0 Å². The Hall–Kier alpha value is -2.24. The lowest BCUT2D eigenvalue weighted by Crippen LogP contribution is -2.44. The van der Waals surface area contributed by atoms with E-state index in [-0.39, 0.29) is 12.1 Å². The lowest BCUT2D eigenvalue weighted by molar-refractivity contribution is 0.179. The molecule has 4 rings (SSSR count). The average molecular weight is 329 g/mol. The Morgan fingerprint density at radius 1 is 1.25 bits per heavy atom. The first kappa shape index (κ1) is 15.3. The topological polar surface area (TPSA) is 61.9 Å². The van der Waals surface area contributed by atoms with E-state index in [1.54, 1.807) is 4.90 Å². The summed E-state index contributed by atoms with van der Waals surface area (Å²) in [5.41, 5.74) is 1.55. The zero-order valence-corrected chi connectivity index (χ0v) is 13.9. The van der Waals surface area contributed by atoms with Gasteiger partial charge in [-0.25, -0.2) is 9.59 Å². The molecule has 1 aromatic carbocycles. The molecule has 2 saturated carbocycles. The number of anilines is 2. The van der Waals surface area contributed by atoms with Gasteiger partial charge in [-0.15, -0.1) is 0 Å². The summed E-state index contributed by atoms with van der Waals surface area (Å²) < 4.78 is 4.94. The van der Waals surface area contributed by atoms with Crippen LogP contribution in [-0.2, 0) is 4.74 Å². The molecule has 6 heteroatoms. The molecular formula is C18H23N3O3. The summed E-state index contributed by atoms with van der Waals surface area (Å²) in [4.78, 5) is 27.9. The summed E-state index contributed by atoms with van der Waals surface area (Å²) in [5, 5.41) is 3.01. The molecule has 24 heavy (non-hydrogen) atoms. The summed E-state index contributed by atoms with van der Waals surface area (Å²) in [6.45, 7) is 3.16. The quantitative estimate of drug-likeness (QED) is 0.900. The second kappa shape index (κ2) is 6.00. The maximum absolute atomic E-state index is 12.7. The van der Waals surface area contributed by atoms with Crippen molar-refractivity contribution in [2.75, 3.05) is 23.4 Å². The lowest BCUT2D eigenvalue weighted by Gasteiger charge is -2.29. The van der Waals surface area contributed by atoms with Crippen LogP contribution < -0.4 is 10.2 Å². The first-order chi connectivity index (χ1) is 11.6. The molecule has 1 atom stereocenters. The number of hydrogen-bond acceptors (Lipinski definition) is 3. The van der Waals surface area contributed by atoms with E-state index >= 15 is 0 Å². The Kier molecular flexibility index (Phi) is 3.82. The number of nitrogens with zero attached hydrogens (tertiary/aromatic N) is 2. The van der Waals surface area contributed by atoms with Gasteiger partial charge in [0.25, 0.3) is 0 Å². The van der Waals surface area contributed by atoms with E-state index in [2.05, 4.69) is 12.2 Å². The van der Waals surface area contributed by atoms with E-state index in [1.807, 2.05) is 29.2 Å². The van der Waals surface area contributed by atoms with Gasteiger partial charge in [0.15, 0.2) is 0 Å². The zero-order valence-electron chi connectivity index (χ0n) is 13.9. The number of hydrogen-bond donors (Lipinski definition) is 1. The molecule has 3 fully saturated rings. The summed E-state index contributed by atoms with van der Waals surface area (Å²) in [6, 6.07) is 8.07. The van der Waals surface area contributed by atoms with Crippen LogP contribution in [-0.4, -0.2) is 42.3 Å². The van der Waals surface area contributed by atoms with Gasteiger partial charge >= 0.3 is 12.1 Å². The van der Waals surface area contributed by atoms with Crippen molar-refractivity contribution in [1.82, 2.24) is 4.90 Å². The molecule has 1 saturated heterocycles. The number of urea groups is 1. The van der Waals surface area contributed by atoms with Crippen LogP contribution in [0, 0.1) is 5.92 Å². The van der Waals surface area contributed by atoms with Gasteiger partial charge in [0.1, 0.15) is 6.61 Å². The highest BCUT2D eigenvalue weighted by atomic mass is 16.6. The van der Waals surface area contributed by atoms with Crippen molar-refractivity contribution in [2.45, 2.75) is 44.7 Å². The monoisotopic (exact) mass is 329 g/mol. The van der Waals surface area contributed by atoms with Gasteiger partial charge in [0.2, 0.25) is 0 Å². The number of carbonyl (C=O) groups excluding carboxylic acids is 2. The summed E-state index contributed by atoms with van der Waals surface area (Å²) in [5.74, 6) is 0.667. The molecule has 0 aromatic heterocycles. The van der Waals surface area contributed by atoms with Crippen LogP contribution in [0.2, 0.25) is 0 Å². The van der Waals surface area contributed by atoms with E-state index < -0.39 is 0 Å². The van der Waals surface area contributed by atoms with Gasteiger partial charge < -0.3 is 15.0 Å². The van der Waals surface area contributed by atoms with Gasteiger partial charge in [-0.3, -0.25) is 4.90 Å². The molecule has 3 aliphatic rings. The summed E-state index contributed by atoms with van der Waals surface area (Å²) in [7, 11) is 0. The first-order valence-corrected chi connectivity index (χ1v) is 8.77. The molecule has 6 nitrogen and oxygen atoms in total. The molecule has 1 aromatic rings. The molecule has 3 amide bonds. The maximum atomic E-state index is 12.7. The van der Waals surface area contributed by atoms with Crippen LogP contribution in [0.5, 0.6) is 0 Å². The summed E-state index contributed by atoms with van der Waals surface area (Å²) >= 11 is 0. The molecular weight excluding hydrogens is 306 g/mol. The average Bonchev–Trinajstić information content (AvgIpc) is 3.47. The Morgan fingerprint density at radius 3 is 2.50 bits per heavy atom. The fourth-order valence-electron chi connectivity index (χ4n) is 3.38. The van der Waals surface area contributed by atoms with Crippen molar-refractivity contribution in [1.29, 1.82) is 0 Å². The minimum atomic E-state index is -0.315. The van der Waals surface area contributed by atoms with Gasteiger partial charge in [-0.2, -0.15) is 0 Å². The predicted molar refractivity (Wildman–Crippen MR) is 91.2 cm³/mol. The molecule has 2 aliphatic carbocycles. The smallest absolute Gasteiger partial charge is 0.414 e. The highest BCUT2D eigenvalue weighted by Crippen LogP contribution is 2.40. The van der Waals surface area contributed by atoms with Crippen molar-refractivity contribution in [3.63, 3.8) is 0 Å². The molecule has 0 radical (unpaired) electrons. The normalized spacial score (nSPS) is 21.4. The van der Waals surface area contributed by atoms with E-state index in [1.165, 1.54) is 12.8 Å². The number of cyclic esters (lactones) is 1. The predicted octanol–water partition coefficient (Wildman–Crippen LogP) is 3.44. The van der Waals surface area contributed by atoms with Crippen LogP contribution in [0.1, 0.15) is 32.6 Å². The van der Waals surface area contributed by atoms with Crippen LogP contribution >= 0.6 is 0 Å². The summed E-state index contributed by atoms with van der Waals surface area (Å²) in [6.07, 6.45) is 4.38. The third kappa shape index (κ3) is 3.05. The Balaban J connectivity index is 1.42. The Bertz CT molecular complexity index is 637. The highest BCUT2D eigenvalue weighted by Gasteiger charge is 2.41. The lowest BCUT2D eigenvalue weighted by atomic mass is 10.2. The second-order valence-corrected chi connectivity index (χ2v) is 6.96. The van der Waals surface area contributed by atoms with Crippen molar-refractivity contribution < 1.29 is 14.3 Å². The Labute approximate surface area is 141 Å². The number of carbonyl (C=O) groups is 2. The highest BCUT2D eigenvalue weighted by molar-refractivity contribution is 5.92. The molecule has 128 valence electrons. The molecule has 1 aliphatic heterocycles. The second-order valence-electron chi connectivity index (χ2n) is 6.96. The van der Waals surface area contributed by atoms with E-state index in [9.17, 15) is 9.59 Å². The molecule has 0 spiro atoms. The molecule has 1 heterocycles. The maximum Gasteiger partial charge on any atom is 0.414 e. The van der Waals surface area contributed by atoms with Gasteiger partial charge in [0, 0.05) is 23.5 Å². The standard InChI is InChI=1S/C18H23N3O3/c1-12(13-2-3-13)21(16-8-9-16)17(22)19-14-4-6-15(7-5-14)20-10-11-24-18(20)23/h4-7,12-13,16H,2-3,8-11H2,1H3,(H,19,22). The minimum Gasteiger partial charge on any atom is -0.447 e. The third-order valence-electron chi connectivity index (χ3n) is 5.11. The fourth-order valence-corrected chi connectivity index (χ4v) is 3.38. The van der Waals surface area contributed by atoms with Crippen LogP contribution in [0.25, 0.3) is 0 Å². The first-order valence-electron chi connectivity index (χ1n) is 8.77. The number of ether oxygens (including phenoxy) is 1. The van der Waals surface area contributed by atoms with Crippen LogP contribution in [0.3, 0.4) is 0 Å². The zero-order chi connectivity index (χ0) is 16.7. The van der Waals surface area contributed by atoms with E-state index in [4.69, 9.17) is 4.74 Å². The van der Waals surface area contributed by atoms with Crippen molar-refractivity contribution in [3.05, 3.63) is 24.3 Å². The van der Waals surface area contributed by atoms with E-state index in [0.717, 1.165) is 24.2 Å². The minimum absolute atomic E-state index is 0.00904. The van der Waals surface area contributed by atoms with Crippen LogP contribution in [0.15, 0.2) is 24.3 Å². The van der Waals surface area contributed by atoms with Crippen LogP contribution in [0.4, 0.5) is 21.0 Å². The number of amides is 3. The fraction of sp³-hybridized carbons (Fsp3) is 0.556. The molecule has 0 bridgehead atoms. The molecule has 1 N–H and O–H groups in total. The largest absolute Gasteiger partial charge is 0.447 e. The number of benzene rings is 1. The van der Waals surface area contributed by atoms with Crippen molar-refractivity contribution in [2.24, 2.45) is 5.92 Å². The SMILES string of the molecule is CC(C1CC1)N(C(=O)Nc1ccc(N2CCOC2=O)cc1)C1CC1. The number of nitrogens with one attached hydrogen (secondary N) is 1. The third-order valence-corrected chi connectivity index (χ3v) is 5.11. The van der Waals surface area contributed by atoms with E-state index in [0.29, 0.717) is 31.2 Å². The number of rotatable bonds is 5. The van der Waals surface area contributed by atoms with Gasteiger partial charge in [-0.1, -0.05) is 0 Å². The van der Waals surface area contributed by atoms with Gasteiger partial charge in [-0.05, 0) is 62.8 Å². The van der Waals surface area contributed by atoms with Crippen molar-refractivity contribution >= 4 is 23.5 Å². The van der Waals surface area contributed by atoms with Gasteiger partial charge in [0.05, 0.1) is 6.54 Å². The molecule has 1 unspecified atom stereocenters.